The Morgan fingerprint density at radius 2 is 2.26 bits per heavy atom. The molecule has 0 spiro atoms. The van der Waals surface area contributed by atoms with Gasteiger partial charge >= 0.3 is 0 Å². The summed E-state index contributed by atoms with van der Waals surface area (Å²) in [6.07, 6.45) is 4.29. The van der Waals surface area contributed by atoms with Gasteiger partial charge in [-0.05, 0) is 13.3 Å². The number of rotatable bonds is 11. The van der Waals surface area contributed by atoms with Crippen LogP contribution in [0, 0.1) is 6.92 Å². The fraction of sp³-hybridized carbons (Fsp3) is 0.786. The van der Waals surface area contributed by atoms with E-state index in [4.69, 9.17) is 9.26 Å². The summed E-state index contributed by atoms with van der Waals surface area (Å²) in [7, 11) is 0. The molecule has 1 atom stereocenters. The number of aliphatic hydroxyl groups excluding tert-OH is 1. The molecule has 0 amide bonds. The van der Waals surface area contributed by atoms with Gasteiger partial charge in [0.1, 0.15) is 0 Å². The van der Waals surface area contributed by atoms with Crippen LogP contribution in [0.15, 0.2) is 10.6 Å². The predicted molar refractivity (Wildman–Crippen MR) is 73.9 cm³/mol. The summed E-state index contributed by atoms with van der Waals surface area (Å²) >= 11 is 0. The van der Waals surface area contributed by atoms with Gasteiger partial charge in [0.25, 0.3) is 0 Å². The molecule has 2 N–H and O–H groups in total. The van der Waals surface area contributed by atoms with E-state index < -0.39 is 6.10 Å². The second-order valence-electron chi connectivity index (χ2n) is 4.85. The number of aliphatic hydroxyl groups is 1. The molecule has 0 radical (unpaired) electrons. The molecule has 0 aliphatic rings. The van der Waals surface area contributed by atoms with Gasteiger partial charge in [-0.25, -0.2) is 0 Å². The smallest absolute Gasteiger partial charge is 0.150 e. The van der Waals surface area contributed by atoms with Crippen LogP contribution in [0.3, 0.4) is 0 Å². The van der Waals surface area contributed by atoms with Gasteiger partial charge < -0.3 is 19.7 Å². The van der Waals surface area contributed by atoms with Crippen molar-refractivity contribution >= 4 is 0 Å². The van der Waals surface area contributed by atoms with Crippen molar-refractivity contribution < 1.29 is 14.4 Å². The number of aryl methyl sites for hydroxylation is 1. The molecule has 0 aromatic carbocycles. The highest BCUT2D eigenvalue weighted by molar-refractivity contribution is 5.02. The van der Waals surface area contributed by atoms with E-state index in [-0.39, 0.29) is 0 Å². The fourth-order valence-corrected chi connectivity index (χ4v) is 1.77. The molecule has 0 aliphatic carbocycles. The Balaban J connectivity index is 1.94. The largest absolute Gasteiger partial charge is 0.389 e. The number of hydrogen-bond acceptors (Lipinski definition) is 5. The Morgan fingerprint density at radius 1 is 1.42 bits per heavy atom. The highest BCUT2D eigenvalue weighted by Gasteiger charge is 2.05. The van der Waals surface area contributed by atoms with E-state index in [1.165, 1.54) is 19.3 Å². The van der Waals surface area contributed by atoms with E-state index in [0.717, 1.165) is 24.5 Å². The van der Waals surface area contributed by atoms with Gasteiger partial charge in [0.05, 0.1) is 24.9 Å². The Hall–Kier alpha value is -0.910. The molecular weight excluding hydrogens is 244 g/mol. The van der Waals surface area contributed by atoms with Crippen LogP contribution in [0.1, 0.15) is 44.1 Å². The molecule has 0 saturated carbocycles. The van der Waals surface area contributed by atoms with Crippen LogP contribution in [0.25, 0.3) is 0 Å². The average Bonchev–Trinajstić information content (AvgIpc) is 2.79. The lowest BCUT2D eigenvalue weighted by Crippen LogP contribution is -2.30. The minimum atomic E-state index is -0.477. The molecule has 19 heavy (non-hydrogen) atoms. The first kappa shape index (κ1) is 16.1. The maximum atomic E-state index is 9.70. The Morgan fingerprint density at radius 3 is 2.95 bits per heavy atom. The van der Waals surface area contributed by atoms with Crippen molar-refractivity contribution in [2.45, 2.75) is 52.2 Å². The summed E-state index contributed by atoms with van der Waals surface area (Å²) in [6, 6.07) is 1.88. The highest BCUT2D eigenvalue weighted by atomic mass is 16.5. The molecule has 1 aromatic heterocycles. The number of hydrogen-bond donors (Lipinski definition) is 2. The van der Waals surface area contributed by atoms with Crippen molar-refractivity contribution in [3.05, 3.63) is 17.5 Å². The molecule has 0 bridgehead atoms. The monoisotopic (exact) mass is 270 g/mol. The van der Waals surface area contributed by atoms with Crippen LogP contribution in [0.4, 0.5) is 0 Å². The SMILES string of the molecule is CCCCCCOCC(O)CNCc1cc(C)no1. The first-order valence-electron chi connectivity index (χ1n) is 7.11. The van der Waals surface area contributed by atoms with Crippen LogP contribution in [-0.2, 0) is 11.3 Å². The quantitative estimate of drug-likeness (QED) is 0.602. The van der Waals surface area contributed by atoms with Crippen molar-refractivity contribution in [2.24, 2.45) is 0 Å². The van der Waals surface area contributed by atoms with Gasteiger partial charge in [-0.3, -0.25) is 0 Å². The van der Waals surface area contributed by atoms with E-state index >= 15 is 0 Å². The van der Waals surface area contributed by atoms with E-state index in [9.17, 15) is 5.11 Å². The third-order valence-electron chi connectivity index (χ3n) is 2.81. The van der Waals surface area contributed by atoms with E-state index in [0.29, 0.717) is 19.7 Å². The molecule has 110 valence electrons. The first-order valence-corrected chi connectivity index (χ1v) is 7.11. The van der Waals surface area contributed by atoms with Crippen LogP contribution in [0.2, 0.25) is 0 Å². The molecule has 1 heterocycles. The normalized spacial score (nSPS) is 12.8. The van der Waals surface area contributed by atoms with Crippen molar-refractivity contribution in [1.82, 2.24) is 10.5 Å². The van der Waals surface area contributed by atoms with Gasteiger partial charge in [0, 0.05) is 19.2 Å². The zero-order valence-corrected chi connectivity index (χ0v) is 12.0. The van der Waals surface area contributed by atoms with Crippen molar-refractivity contribution in [3.63, 3.8) is 0 Å². The van der Waals surface area contributed by atoms with Gasteiger partial charge in [-0.2, -0.15) is 0 Å². The van der Waals surface area contributed by atoms with Gasteiger partial charge in [-0.15, -0.1) is 0 Å². The average molecular weight is 270 g/mol. The van der Waals surface area contributed by atoms with Crippen molar-refractivity contribution in [1.29, 1.82) is 0 Å². The molecule has 0 fully saturated rings. The van der Waals surface area contributed by atoms with E-state index in [1.54, 1.807) is 0 Å². The highest BCUT2D eigenvalue weighted by Crippen LogP contribution is 2.01. The topological polar surface area (TPSA) is 67.5 Å². The Kier molecular flexibility index (Phi) is 8.45. The summed E-state index contributed by atoms with van der Waals surface area (Å²) in [5.74, 6) is 0.783. The van der Waals surface area contributed by atoms with E-state index in [2.05, 4.69) is 17.4 Å². The van der Waals surface area contributed by atoms with Crippen molar-refractivity contribution in [2.75, 3.05) is 19.8 Å². The standard InChI is InChI=1S/C14H26N2O3/c1-3-4-5-6-7-18-11-13(17)9-15-10-14-8-12(2)16-19-14/h8,13,15,17H,3-7,9-11H2,1-2H3. The third kappa shape index (κ3) is 7.97. The maximum Gasteiger partial charge on any atom is 0.150 e. The molecule has 1 aromatic rings. The van der Waals surface area contributed by atoms with E-state index in [1.807, 2.05) is 13.0 Å². The Labute approximate surface area is 115 Å². The fourth-order valence-electron chi connectivity index (χ4n) is 1.77. The maximum absolute atomic E-state index is 9.70. The lowest BCUT2D eigenvalue weighted by molar-refractivity contribution is 0.0351. The van der Waals surface area contributed by atoms with Gasteiger partial charge in [0.15, 0.2) is 5.76 Å². The summed E-state index contributed by atoms with van der Waals surface area (Å²) in [5, 5.41) is 16.6. The second-order valence-corrected chi connectivity index (χ2v) is 4.85. The zero-order valence-electron chi connectivity index (χ0n) is 12.0. The van der Waals surface area contributed by atoms with Crippen LogP contribution >= 0.6 is 0 Å². The number of ether oxygens (including phenoxy) is 1. The summed E-state index contributed by atoms with van der Waals surface area (Å²) in [6.45, 7) is 6.26. The lowest BCUT2D eigenvalue weighted by Gasteiger charge is -2.11. The van der Waals surface area contributed by atoms with Gasteiger partial charge in [-0.1, -0.05) is 31.3 Å². The zero-order chi connectivity index (χ0) is 13.9. The van der Waals surface area contributed by atoms with Crippen LogP contribution in [0.5, 0.6) is 0 Å². The van der Waals surface area contributed by atoms with Crippen LogP contribution in [-0.4, -0.2) is 36.1 Å². The predicted octanol–water partition coefficient (Wildman–Crippen LogP) is 2.03. The second kappa shape index (κ2) is 9.95. The molecule has 1 rings (SSSR count). The minimum Gasteiger partial charge on any atom is -0.389 e. The number of aromatic nitrogens is 1. The molecule has 5 nitrogen and oxygen atoms in total. The Bertz CT molecular complexity index is 328. The lowest BCUT2D eigenvalue weighted by atomic mass is 10.2. The number of unbranched alkanes of at least 4 members (excludes halogenated alkanes) is 3. The summed E-state index contributed by atoms with van der Waals surface area (Å²) in [5.41, 5.74) is 0.868. The molecule has 5 heteroatoms. The molecular formula is C14H26N2O3. The van der Waals surface area contributed by atoms with Crippen molar-refractivity contribution in [3.8, 4) is 0 Å². The number of nitrogens with one attached hydrogen (secondary N) is 1. The third-order valence-corrected chi connectivity index (χ3v) is 2.81. The van der Waals surface area contributed by atoms with Crippen LogP contribution < -0.4 is 5.32 Å². The summed E-state index contributed by atoms with van der Waals surface area (Å²) in [4.78, 5) is 0. The molecule has 0 aliphatic heterocycles. The summed E-state index contributed by atoms with van der Waals surface area (Å²) < 4.78 is 10.5. The molecule has 0 saturated heterocycles. The number of nitrogens with zero attached hydrogens (tertiary/aromatic N) is 1. The first-order chi connectivity index (χ1) is 9.22. The molecule has 1 unspecified atom stereocenters. The van der Waals surface area contributed by atoms with Gasteiger partial charge in [0.2, 0.25) is 0 Å². The minimum absolute atomic E-state index is 0.383.